The lowest BCUT2D eigenvalue weighted by Gasteiger charge is -2.13. The molecule has 92 valence electrons. The van der Waals surface area contributed by atoms with Gasteiger partial charge in [0.15, 0.2) is 0 Å². The molecule has 4 nitrogen and oxygen atoms in total. The molecule has 0 radical (unpaired) electrons. The van der Waals surface area contributed by atoms with Gasteiger partial charge in [0.1, 0.15) is 0 Å². The second-order valence-electron chi connectivity index (χ2n) is 3.43. The number of hydrogen-bond acceptors (Lipinski definition) is 4. The number of anilines is 1. The summed E-state index contributed by atoms with van der Waals surface area (Å²) in [7, 11) is 2.05. The SMILES string of the molecule is CC.CCN(C)CCCNc1cc(=O)c1=O. The predicted octanol–water partition coefficient (Wildman–Crippen LogP) is 1.06. The highest BCUT2D eigenvalue weighted by molar-refractivity contribution is 5.46. The van der Waals surface area contributed by atoms with Crippen molar-refractivity contribution in [3.05, 3.63) is 26.5 Å². The quantitative estimate of drug-likeness (QED) is 0.582. The van der Waals surface area contributed by atoms with Crippen molar-refractivity contribution in [3.8, 4) is 0 Å². The first-order chi connectivity index (χ1) is 7.65. The van der Waals surface area contributed by atoms with Gasteiger partial charge in [-0.25, -0.2) is 0 Å². The third kappa shape index (κ3) is 4.57. The molecule has 0 atom stereocenters. The van der Waals surface area contributed by atoms with Crippen molar-refractivity contribution in [1.29, 1.82) is 0 Å². The fraction of sp³-hybridized carbons (Fsp3) is 0.667. The first-order valence-electron chi connectivity index (χ1n) is 5.88. The molecule has 0 amide bonds. The van der Waals surface area contributed by atoms with Gasteiger partial charge in [-0.3, -0.25) is 9.59 Å². The van der Waals surface area contributed by atoms with Gasteiger partial charge in [0, 0.05) is 12.6 Å². The molecule has 1 aromatic rings. The molecule has 1 rings (SSSR count). The lowest BCUT2D eigenvalue weighted by Crippen LogP contribution is -2.33. The zero-order valence-corrected chi connectivity index (χ0v) is 10.7. The molecule has 1 aromatic carbocycles. The summed E-state index contributed by atoms with van der Waals surface area (Å²) in [5, 5.41) is 2.94. The molecule has 0 aromatic heterocycles. The van der Waals surface area contributed by atoms with E-state index in [0.717, 1.165) is 26.1 Å². The number of nitrogens with one attached hydrogen (secondary N) is 1. The second kappa shape index (κ2) is 8.05. The fourth-order valence-corrected chi connectivity index (χ4v) is 1.18. The molecule has 0 bridgehead atoms. The summed E-state index contributed by atoms with van der Waals surface area (Å²) in [5.74, 6) is 0. The molecule has 1 N–H and O–H groups in total. The van der Waals surface area contributed by atoms with Gasteiger partial charge in [-0.1, -0.05) is 20.8 Å². The van der Waals surface area contributed by atoms with Crippen LogP contribution in [-0.2, 0) is 0 Å². The van der Waals surface area contributed by atoms with Gasteiger partial charge in [0.2, 0.25) is 10.9 Å². The van der Waals surface area contributed by atoms with E-state index in [2.05, 4.69) is 24.2 Å². The lowest BCUT2D eigenvalue weighted by atomic mass is 10.2. The maximum atomic E-state index is 10.9. The van der Waals surface area contributed by atoms with E-state index in [9.17, 15) is 9.59 Å². The van der Waals surface area contributed by atoms with Crippen molar-refractivity contribution in [2.75, 3.05) is 32.0 Å². The van der Waals surface area contributed by atoms with Gasteiger partial charge < -0.3 is 10.2 Å². The van der Waals surface area contributed by atoms with Crippen LogP contribution >= 0.6 is 0 Å². The maximum absolute atomic E-state index is 10.9. The molecule has 0 aliphatic rings. The Balaban J connectivity index is 0.00000106. The van der Waals surface area contributed by atoms with Gasteiger partial charge in [-0.15, -0.1) is 0 Å². The fourth-order valence-electron chi connectivity index (χ4n) is 1.18. The van der Waals surface area contributed by atoms with E-state index in [0.29, 0.717) is 5.69 Å². The van der Waals surface area contributed by atoms with Crippen LogP contribution in [0.1, 0.15) is 27.2 Å². The van der Waals surface area contributed by atoms with Crippen LogP contribution in [0.4, 0.5) is 5.69 Å². The van der Waals surface area contributed by atoms with Crippen molar-refractivity contribution in [2.45, 2.75) is 27.2 Å². The summed E-state index contributed by atoms with van der Waals surface area (Å²) < 4.78 is 0. The summed E-state index contributed by atoms with van der Waals surface area (Å²) >= 11 is 0. The van der Waals surface area contributed by atoms with E-state index < -0.39 is 5.43 Å². The van der Waals surface area contributed by atoms with E-state index in [1.807, 2.05) is 13.8 Å². The van der Waals surface area contributed by atoms with Crippen LogP contribution in [0.3, 0.4) is 0 Å². The van der Waals surface area contributed by atoms with Gasteiger partial charge >= 0.3 is 0 Å². The average Bonchev–Trinajstić information content (AvgIpc) is 2.34. The minimum absolute atomic E-state index is 0.381. The summed E-state index contributed by atoms with van der Waals surface area (Å²) in [6.07, 6.45) is 0.975. The molecule has 0 spiro atoms. The van der Waals surface area contributed by atoms with Crippen LogP contribution in [-0.4, -0.2) is 31.6 Å². The molecule has 0 saturated heterocycles. The van der Waals surface area contributed by atoms with E-state index in [4.69, 9.17) is 0 Å². The lowest BCUT2D eigenvalue weighted by molar-refractivity contribution is 0.351. The molecule has 0 saturated carbocycles. The molecule has 0 heterocycles. The Morgan fingerprint density at radius 3 is 2.38 bits per heavy atom. The Labute approximate surface area is 97.0 Å². The average molecular weight is 226 g/mol. The van der Waals surface area contributed by atoms with Crippen molar-refractivity contribution >= 4 is 5.69 Å². The van der Waals surface area contributed by atoms with Crippen molar-refractivity contribution in [2.24, 2.45) is 0 Å². The Morgan fingerprint density at radius 2 is 1.94 bits per heavy atom. The smallest absolute Gasteiger partial charge is 0.248 e. The molecule has 4 heteroatoms. The Hall–Kier alpha value is -1.16. The van der Waals surface area contributed by atoms with E-state index in [1.54, 1.807) is 0 Å². The summed E-state index contributed by atoms with van der Waals surface area (Å²) in [5.41, 5.74) is -0.304. The van der Waals surface area contributed by atoms with Crippen molar-refractivity contribution in [3.63, 3.8) is 0 Å². The normalized spacial score (nSPS) is 10.1. The standard InChI is InChI=1S/C10H16N2O2.C2H6/c1-3-12(2)6-4-5-11-8-7-9(13)10(8)14;1-2/h7,11H,3-6H2,1-2H3;1-2H3. The highest BCUT2D eigenvalue weighted by Crippen LogP contribution is 1.95. The highest BCUT2D eigenvalue weighted by atomic mass is 16.2. The van der Waals surface area contributed by atoms with Crippen LogP contribution in [0.5, 0.6) is 0 Å². The first kappa shape index (κ1) is 14.8. The number of rotatable bonds is 6. The summed E-state index contributed by atoms with van der Waals surface area (Å²) in [4.78, 5) is 23.6. The summed E-state index contributed by atoms with van der Waals surface area (Å²) in [6, 6.07) is 1.35. The van der Waals surface area contributed by atoms with E-state index in [1.165, 1.54) is 6.07 Å². The van der Waals surface area contributed by atoms with Crippen molar-refractivity contribution < 1.29 is 0 Å². The third-order valence-corrected chi connectivity index (χ3v) is 2.32. The van der Waals surface area contributed by atoms with E-state index >= 15 is 0 Å². The largest absolute Gasteiger partial charge is 0.382 e. The van der Waals surface area contributed by atoms with Crippen LogP contribution < -0.4 is 16.2 Å². The van der Waals surface area contributed by atoms with E-state index in [-0.39, 0.29) is 5.43 Å². The second-order valence-corrected chi connectivity index (χ2v) is 3.43. The minimum Gasteiger partial charge on any atom is -0.382 e. The Bertz CT molecular complexity index is 353. The Morgan fingerprint density at radius 1 is 1.31 bits per heavy atom. The molecular formula is C12H22N2O2. The minimum atomic E-state index is -0.391. The maximum Gasteiger partial charge on any atom is 0.248 e. The van der Waals surface area contributed by atoms with Gasteiger partial charge in [0.05, 0.1) is 5.69 Å². The first-order valence-corrected chi connectivity index (χ1v) is 5.88. The van der Waals surface area contributed by atoms with Gasteiger partial charge in [0.25, 0.3) is 0 Å². The molecule has 0 fully saturated rings. The number of hydrogen-bond donors (Lipinski definition) is 1. The van der Waals surface area contributed by atoms with Gasteiger partial charge in [-0.05, 0) is 26.6 Å². The third-order valence-electron chi connectivity index (χ3n) is 2.32. The molecule has 0 aliphatic carbocycles. The summed E-state index contributed by atoms with van der Waals surface area (Å²) in [6.45, 7) is 8.87. The van der Waals surface area contributed by atoms with Crippen LogP contribution in [0.25, 0.3) is 0 Å². The monoisotopic (exact) mass is 226 g/mol. The van der Waals surface area contributed by atoms with Crippen LogP contribution in [0.15, 0.2) is 15.7 Å². The zero-order valence-electron chi connectivity index (χ0n) is 10.7. The zero-order chi connectivity index (χ0) is 12.6. The van der Waals surface area contributed by atoms with Crippen LogP contribution in [0, 0.1) is 0 Å². The topological polar surface area (TPSA) is 49.4 Å². The van der Waals surface area contributed by atoms with Crippen LogP contribution in [0.2, 0.25) is 0 Å². The van der Waals surface area contributed by atoms with Gasteiger partial charge in [-0.2, -0.15) is 0 Å². The molecule has 0 unspecified atom stereocenters. The predicted molar refractivity (Wildman–Crippen MR) is 69.0 cm³/mol. The Kier molecular flexibility index (Phi) is 7.46. The number of nitrogens with zero attached hydrogens (tertiary/aromatic N) is 1. The highest BCUT2D eigenvalue weighted by Gasteiger charge is 2.07. The molecular weight excluding hydrogens is 204 g/mol. The van der Waals surface area contributed by atoms with Crippen molar-refractivity contribution in [1.82, 2.24) is 4.90 Å². The molecule has 16 heavy (non-hydrogen) atoms. The molecule has 0 aliphatic heterocycles.